The van der Waals surface area contributed by atoms with E-state index in [2.05, 4.69) is 24.2 Å². The Morgan fingerprint density at radius 1 is 1.00 bits per heavy atom. The van der Waals surface area contributed by atoms with Crippen molar-refractivity contribution >= 4 is 17.3 Å². The molecule has 2 aliphatic rings. The van der Waals surface area contributed by atoms with E-state index in [0.29, 0.717) is 12.1 Å². The molecular weight excluding hydrogens is 240 g/mol. The maximum Gasteiger partial charge on any atom is 0.169 e. The predicted molar refractivity (Wildman–Crippen MR) is 81.8 cm³/mol. The average molecular weight is 268 g/mol. The van der Waals surface area contributed by atoms with Crippen molar-refractivity contribution < 1.29 is 0 Å². The number of thiocarbonyl (C=S) groups is 1. The quantitative estimate of drug-likeness (QED) is 0.769. The van der Waals surface area contributed by atoms with Crippen LogP contribution in [0.3, 0.4) is 0 Å². The van der Waals surface area contributed by atoms with Gasteiger partial charge in [-0.3, -0.25) is 0 Å². The van der Waals surface area contributed by atoms with Crippen LogP contribution in [-0.2, 0) is 0 Å². The molecule has 0 saturated heterocycles. The van der Waals surface area contributed by atoms with Crippen LogP contribution < -0.4 is 5.32 Å². The van der Waals surface area contributed by atoms with Crippen LogP contribution in [0, 0.1) is 5.92 Å². The molecule has 18 heavy (non-hydrogen) atoms. The summed E-state index contributed by atoms with van der Waals surface area (Å²) in [5.74, 6) is 0.912. The average Bonchev–Trinajstić information content (AvgIpc) is 2.40. The van der Waals surface area contributed by atoms with Crippen molar-refractivity contribution in [2.45, 2.75) is 76.8 Å². The van der Waals surface area contributed by atoms with Crippen molar-refractivity contribution in [1.82, 2.24) is 10.2 Å². The van der Waals surface area contributed by atoms with E-state index in [1.807, 2.05) is 0 Å². The molecule has 0 heterocycles. The fraction of sp³-hybridized carbons (Fsp3) is 0.933. The van der Waals surface area contributed by atoms with Crippen molar-refractivity contribution in [3.8, 4) is 0 Å². The number of hydrogen-bond donors (Lipinski definition) is 1. The smallest absolute Gasteiger partial charge is 0.169 e. The van der Waals surface area contributed by atoms with Gasteiger partial charge in [-0.1, -0.05) is 26.2 Å². The molecule has 3 heteroatoms. The molecule has 1 N–H and O–H groups in total. The molecule has 0 aliphatic heterocycles. The van der Waals surface area contributed by atoms with Gasteiger partial charge in [-0.15, -0.1) is 0 Å². The van der Waals surface area contributed by atoms with Gasteiger partial charge in [0.15, 0.2) is 5.11 Å². The van der Waals surface area contributed by atoms with Crippen LogP contribution in [0.2, 0.25) is 0 Å². The van der Waals surface area contributed by atoms with Crippen LogP contribution in [0.5, 0.6) is 0 Å². The Bertz CT molecular complexity index is 266. The maximum absolute atomic E-state index is 5.58. The van der Waals surface area contributed by atoms with Gasteiger partial charge >= 0.3 is 0 Å². The van der Waals surface area contributed by atoms with Gasteiger partial charge in [0.05, 0.1) is 0 Å². The Hall–Kier alpha value is -0.310. The zero-order valence-electron chi connectivity index (χ0n) is 12.0. The minimum absolute atomic E-state index is 0.635. The highest BCUT2D eigenvalue weighted by molar-refractivity contribution is 7.80. The molecule has 0 unspecified atom stereocenters. The second-order valence-electron chi connectivity index (χ2n) is 6.31. The number of hydrogen-bond acceptors (Lipinski definition) is 1. The minimum Gasteiger partial charge on any atom is -0.360 e. The summed E-state index contributed by atoms with van der Waals surface area (Å²) in [6.07, 6.45) is 12.1. The first-order valence-corrected chi connectivity index (χ1v) is 8.11. The molecule has 0 radical (unpaired) electrons. The van der Waals surface area contributed by atoms with E-state index in [9.17, 15) is 0 Å². The first-order chi connectivity index (χ1) is 8.66. The van der Waals surface area contributed by atoms with Gasteiger partial charge in [0.1, 0.15) is 0 Å². The lowest BCUT2D eigenvalue weighted by Gasteiger charge is -2.37. The summed E-state index contributed by atoms with van der Waals surface area (Å²) >= 11 is 5.58. The van der Waals surface area contributed by atoms with E-state index < -0.39 is 0 Å². The zero-order valence-corrected chi connectivity index (χ0v) is 12.8. The number of rotatable bonds is 2. The monoisotopic (exact) mass is 268 g/mol. The van der Waals surface area contributed by atoms with Crippen molar-refractivity contribution in [3.05, 3.63) is 0 Å². The molecule has 2 aliphatic carbocycles. The second-order valence-corrected chi connectivity index (χ2v) is 6.70. The van der Waals surface area contributed by atoms with Gasteiger partial charge in [-0.2, -0.15) is 0 Å². The van der Waals surface area contributed by atoms with E-state index >= 15 is 0 Å². The molecule has 0 atom stereocenters. The molecule has 0 aromatic carbocycles. The lowest BCUT2D eigenvalue weighted by atomic mass is 9.87. The Morgan fingerprint density at radius 2 is 1.61 bits per heavy atom. The van der Waals surface area contributed by atoms with Crippen molar-refractivity contribution in [3.63, 3.8) is 0 Å². The lowest BCUT2D eigenvalue weighted by Crippen LogP contribution is -2.48. The standard InChI is InChI=1S/C15H28N2S/c1-12-8-10-14(11-9-12)17(2)15(18)16-13-6-4-3-5-7-13/h12-14H,3-11H2,1-2H3,(H,16,18). The first-order valence-electron chi connectivity index (χ1n) is 7.70. The third-order valence-electron chi connectivity index (χ3n) is 4.79. The normalized spacial score (nSPS) is 29.9. The van der Waals surface area contributed by atoms with Gasteiger partial charge in [-0.25, -0.2) is 0 Å². The Morgan fingerprint density at radius 3 is 2.22 bits per heavy atom. The first kappa shape index (κ1) is 14.1. The number of nitrogens with one attached hydrogen (secondary N) is 1. The maximum atomic E-state index is 5.58. The van der Waals surface area contributed by atoms with Crippen LogP contribution in [0.25, 0.3) is 0 Å². The van der Waals surface area contributed by atoms with E-state index in [1.165, 1.54) is 57.8 Å². The molecule has 0 bridgehead atoms. The Balaban J connectivity index is 1.77. The lowest BCUT2D eigenvalue weighted by molar-refractivity contribution is 0.234. The van der Waals surface area contributed by atoms with Crippen LogP contribution in [-0.4, -0.2) is 29.1 Å². The van der Waals surface area contributed by atoms with E-state index in [4.69, 9.17) is 12.2 Å². The molecule has 0 spiro atoms. The zero-order chi connectivity index (χ0) is 13.0. The van der Waals surface area contributed by atoms with Crippen molar-refractivity contribution in [2.24, 2.45) is 5.92 Å². The Kier molecular flexibility index (Phi) is 5.28. The van der Waals surface area contributed by atoms with Gasteiger partial charge in [-0.05, 0) is 56.7 Å². The predicted octanol–water partition coefficient (Wildman–Crippen LogP) is 3.70. The highest BCUT2D eigenvalue weighted by Gasteiger charge is 2.24. The van der Waals surface area contributed by atoms with E-state index in [-0.39, 0.29) is 0 Å². The second kappa shape index (κ2) is 6.74. The SMILES string of the molecule is CC1CCC(N(C)C(=S)NC2CCCCC2)CC1. The summed E-state index contributed by atoms with van der Waals surface area (Å²) in [6.45, 7) is 2.37. The summed E-state index contributed by atoms with van der Waals surface area (Å²) in [5.41, 5.74) is 0. The van der Waals surface area contributed by atoms with Crippen molar-refractivity contribution in [2.75, 3.05) is 7.05 Å². The van der Waals surface area contributed by atoms with Gasteiger partial charge in [0, 0.05) is 19.1 Å². The molecule has 0 aromatic rings. The summed E-state index contributed by atoms with van der Waals surface area (Å²) < 4.78 is 0. The summed E-state index contributed by atoms with van der Waals surface area (Å²) in [6, 6.07) is 1.31. The molecule has 2 nitrogen and oxygen atoms in total. The molecule has 0 amide bonds. The number of nitrogens with zero attached hydrogens (tertiary/aromatic N) is 1. The summed E-state index contributed by atoms with van der Waals surface area (Å²) in [4.78, 5) is 2.33. The van der Waals surface area contributed by atoms with Gasteiger partial charge in [0.25, 0.3) is 0 Å². The fourth-order valence-corrected chi connectivity index (χ4v) is 3.63. The van der Waals surface area contributed by atoms with Gasteiger partial charge in [0.2, 0.25) is 0 Å². The van der Waals surface area contributed by atoms with Gasteiger partial charge < -0.3 is 10.2 Å². The molecule has 2 saturated carbocycles. The van der Waals surface area contributed by atoms with Crippen LogP contribution >= 0.6 is 12.2 Å². The summed E-state index contributed by atoms with van der Waals surface area (Å²) in [7, 11) is 2.18. The third-order valence-corrected chi connectivity index (χ3v) is 5.19. The van der Waals surface area contributed by atoms with Crippen LogP contribution in [0.15, 0.2) is 0 Å². The fourth-order valence-electron chi connectivity index (χ4n) is 3.32. The van der Waals surface area contributed by atoms with Crippen LogP contribution in [0.1, 0.15) is 64.7 Å². The van der Waals surface area contributed by atoms with E-state index in [1.54, 1.807) is 0 Å². The summed E-state index contributed by atoms with van der Waals surface area (Å²) in [5, 5.41) is 4.57. The molecule has 0 aromatic heterocycles. The largest absolute Gasteiger partial charge is 0.360 e. The molecule has 2 rings (SSSR count). The molecular formula is C15H28N2S. The third kappa shape index (κ3) is 3.84. The molecule has 104 valence electrons. The Labute approximate surface area is 118 Å². The highest BCUT2D eigenvalue weighted by Crippen LogP contribution is 2.26. The molecule has 2 fully saturated rings. The minimum atomic E-state index is 0.635. The van der Waals surface area contributed by atoms with E-state index in [0.717, 1.165) is 11.0 Å². The van der Waals surface area contributed by atoms with Crippen LogP contribution in [0.4, 0.5) is 0 Å². The highest BCUT2D eigenvalue weighted by atomic mass is 32.1. The van der Waals surface area contributed by atoms with Crippen molar-refractivity contribution in [1.29, 1.82) is 0 Å². The topological polar surface area (TPSA) is 15.3 Å².